The number of aromatic hydroxyl groups is 1. The normalized spacial score (nSPS) is 16.9. The van der Waals surface area contributed by atoms with Gasteiger partial charge in [-0.15, -0.1) is 0 Å². The zero-order valence-electron chi connectivity index (χ0n) is 9.06. The van der Waals surface area contributed by atoms with Gasteiger partial charge in [-0.25, -0.2) is 0 Å². The Morgan fingerprint density at radius 2 is 2.06 bits per heavy atom. The van der Waals surface area contributed by atoms with Gasteiger partial charge >= 0.3 is 0 Å². The summed E-state index contributed by atoms with van der Waals surface area (Å²) in [5, 5.41) is 9.60. The van der Waals surface area contributed by atoms with E-state index in [0.29, 0.717) is 31.9 Å². The van der Waals surface area contributed by atoms with E-state index in [9.17, 15) is 9.90 Å². The van der Waals surface area contributed by atoms with E-state index in [1.54, 1.807) is 23.1 Å². The number of carbonyl (C=O) groups excluding carboxylic acids is 1. The quantitative estimate of drug-likeness (QED) is 0.776. The van der Waals surface area contributed by atoms with Crippen molar-refractivity contribution in [2.45, 2.75) is 6.42 Å². The average molecular weight is 221 g/mol. The Labute approximate surface area is 94.4 Å². The Balaban J connectivity index is 2.14. The van der Waals surface area contributed by atoms with Crippen molar-refractivity contribution in [3.05, 3.63) is 29.8 Å². The predicted octanol–water partition coefficient (Wildman–Crippen LogP) is 1.25. The fourth-order valence-electron chi connectivity index (χ4n) is 1.77. The summed E-state index contributed by atoms with van der Waals surface area (Å²) in [6, 6.07) is 6.63. The summed E-state index contributed by atoms with van der Waals surface area (Å²) in [6.07, 6.45) is 0.847. The smallest absolute Gasteiger partial charge is 0.257 e. The first kappa shape index (κ1) is 11.0. The molecule has 1 amide bonds. The lowest BCUT2D eigenvalue weighted by Gasteiger charge is -2.19. The van der Waals surface area contributed by atoms with Crippen molar-refractivity contribution in [1.29, 1.82) is 0 Å². The maximum atomic E-state index is 12.1. The number of benzene rings is 1. The van der Waals surface area contributed by atoms with Crippen LogP contribution >= 0.6 is 0 Å². The topological polar surface area (TPSA) is 49.8 Å². The van der Waals surface area contributed by atoms with Crippen molar-refractivity contribution in [2.24, 2.45) is 0 Å². The Morgan fingerprint density at radius 1 is 1.25 bits per heavy atom. The van der Waals surface area contributed by atoms with Gasteiger partial charge in [0.15, 0.2) is 0 Å². The molecule has 0 aromatic heterocycles. The van der Waals surface area contributed by atoms with Crippen LogP contribution in [0.2, 0.25) is 0 Å². The third-order valence-corrected chi connectivity index (χ3v) is 2.64. The molecule has 1 fully saturated rings. The van der Waals surface area contributed by atoms with Gasteiger partial charge in [0, 0.05) is 19.7 Å². The van der Waals surface area contributed by atoms with Crippen LogP contribution in [-0.2, 0) is 4.74 Å². The summed E-state index contributed by atoms with van der Waals surface area (Å²) < 4.78 is 5.28. The van der Waals surface area contributed by atoms with Crippen LogP contribution in [0.15, 0.2) is 24.3 Å². The lowest BCUT2D eigenvalue weighted by atomic mass is 10.1. The van der Waals surface area contributed by atoms with E-state index < -0.39 is 0 Å². The van der Waals surface area contributed by atoms with E-state index >= 15 is 0 Å². The number of hydrogen-bond donors (Lipinski definition) is 1. The van der Waals surface area contributed by atoms with Gasteiger partial charge in [-0.3, -0.25) is 4.79 Å². The molecule has 2 rings (SSSR count). The van der Waals surface area contributed by atoms with E-state index in [-0.39, 0.29) is 11.7 Å². The largest absolute Gasteiger partial charge is 0.507 e. The minimum atomic E-state index is -0.122. The van der Waals surface area contributed by atoms with Gasteiger partial charge in [-0.2, -0.15) is 0 Å². The van der Waals surface area contributed by atoms with Gasteiger partial charge in [0.2, 0.25) is 0 Å². The molecule has 1 saturated heterocycles. The third kappa shape index (κ3) is 2.33. The van der Waals surface area contributed by atoms with Crippen molar-refractivity contribution in [2.75, 3.05) is 26.3 Å². The van der Waals surface area contributed by atoms with Crippen LogP contribution < -0.4 is 0 Å². The number of carbonyl (C=O) groups is 1. The SMILES string of the molecule is O=C(c1ccccc1O)N1CCCOCC1. The van der Waals surface area contributed by atoms with Crippen LogP contribution in [-0.4, -0.2) is 42.2 Å². The highest BCUT2D eigenvalue weighted by Crippen LogP contribution is 2.18. The molecule has 0 saturated carbocycles. The molecule has 16 heavy (non-hydrogen) atoms. The van der Waals surface area contributed by atoms with E-state index in [2.05, 4.69) is 0 Å². The second kappa shape index (κ2) is 4.99. The molecule has 0 bridgehead atoms. The molecule has 1 aromatic rings. The van der Waals surface area contributed by atoms with Gasteiger partial charge in [0.25, 0.3) is 5.91 Å². The molecule has 4 nitrogen and oxygen atoms in total. The minimum absolute atomic E-state index is 0.0395. The molecule has 0 spiro atoms. The van der Waals surface area contributed by atoms with Gasteiger partial charge < -0.3 is 14.7 Å². The van der Waals surface area contributed by atoms with Crippen molar-refractivity contribution in [1.82, 2.24) is 4.90 Å². The first-order valence-electron chi connectivity index (χ1n) is 5.44. The number of rotatable bonds is 1. The van der Waals surface area contributed by atoms with E-state index in [1.165, 1.54) is 6.07 Å². The second-order valence-corrected chi connectivity index (χ2v) is 3.78. The number of ether oxygens (including phenoxy) is 1. The minimum Gasteiger partial charge on any atom is -0.507 e. The highest BCUT2D eigenvalue weighted by atomic mass is 16.5. The monoisotopic (exact) mass is 221 g/mol. The lowest BCUT2D eigenvalue weighted by molar-refractivity contribution is 0.0738. The van der Waals surface area contributed by atoms with Crippen molar-refractivity contribution >= 4 is 5.91 Å². The number of para-hydroxylation sites is 1. The number of nitrogens with zero attached hydrogens (tertiary/aromatic N) is 1. The molecule has 86 valence electrons. The summed E-state index contributed by atoms with van der Waals surface area (Å²) in [4.78, 5) is 13.8. The molecule has 0 atom stereocenters. The number of phenolic OH excluding ortho intramolecular Hbond substituents is 1. The summed E-state index contributed by atoms with van der Waals surface area (Å²) in [7, 11) is 0. The molecule has 0 unspecified atom stereocenters. The first-order valence-corrected chi connectivity index (χ1v) is 5.44. The fraction of sp³-hybridized carbons (Fsp3) is 0.417. The average Bonchev–Trinajstić information content (AvgIpc) is 2.57. The molecule has 1 aromatic carbocycles. The molecule has 0 aliphatic carbocycles. The molecule has 4 heteroatoms. The summed E-state index contributed by atoms with van der Waals surface area (Å²) in [5.41, 5.74) is 0.365. The lowest BCUT2D eigenvalue weighted by Crippen LogP contribution is -2.33. The number of amides is 1. The summed E-state index contributed by atoms with van der Waals surface area (Å²) >= 11 is 0. The Bertz CT molecular complexity index is 370. The predicted molar refractivity (Wildman–Crippen MR) is 59.4 cm³/mol. The molecular formula is C12H15NO3. The first-order chi connectivity index (χ1) is 7.79. The van der Waals surface area contributed by atoms with Crippen LogP contribution in [0.3, 0.4) is 0 Å². The van der Waals surface area contributed by atoms with Gasteiger partial charge in [0.05, 0.1) is 12.2 Å². The molecular weight excluding hydrogens is 206 g/mol. The van der Waals surface area contributed by atoms with Crippen molar-refractivity contribution in [3.8, 4) is 5.75 Å². The van der Waals surface area contributed by atoms with Crippen LogP contribution in [0.25, 0.3) is 0 Å². The van der Waals surface area contributed by atoms with E-state index in [0.717, 1.165) is 6.42 Å². The fourth-order valence-corrected chi connectivity index (χ4v) is 1.77. The zero-order valence-corrected chi connectivity index (χ0v) is 9.06. The van der Waals surface area contributed by atoms with Crippen LogP contribution in [0.5, 0.6) is 5.75 Å². The van der Waals surface area contributed by atoms with Crippen LogP contribution in [0, 0.1) is 0 Å². The second-order valence-electron chi connectivity index (χ2n) is 3.78. The third-order valence-electron chi connectivity index (χ3n) is 2.64. The summed E-state index contributed by atoms with van der Waals surface area (Å²) in [6.45, 7) is 2.55. The van der Waals surface area contributed by atoms with E-state index in [1.807, 2.05) is 0 Å². The molecule has 1 heterocycles. The van der Waals surface area contributed by atoms with Gasteiger partial charge in [-0.1, -0.05) is 12.1 Å². The molecule has 1 aliphatic heterocycles. The number of phenols is 1. The summed E-state index contributed by atoms with van der Waals surface area (Å²) in [5.74, 6) is -0.0822. The van der Waals surface area contributed by atoms with Crippen LogP contribution in [0.4, 0.5) is 0 Å². The highest BCUT2D eigenvalue weighted by molar-refractivity contribution is 5.96. The van der Waals surface area contributed by atoms with E-state index in [4.69, 9.17) is 4.74 Å². The van der Waals surface area contributed by atoms with Crippen LogP contribution in [0.1, 0.15) is 16.8 Å². The van der Waals surface area contributed by atoms with Gasteiger partial charge in [0.1, 0.15) is 5.75 Å². The number of hydrogen-bond acceptors (Lipinski definition) is 3. The Morgan fingerprint density at radius 3 is 2.88 bits per heavy atom. The molecule has 1 N–H and O–H groups in total. The Hall–Kier alpha value is -1.55. The maximum Gasteiger partial charge on any atom is 0.257 e. The van der Waals surface area contributed by atoms with Gasteiger partial charge in [-0.05, 0) is 18.6 Å². The molecule has 1 aliphatic rings. The maximum absolute atomic E-state index is 12.1. The standard InChI is InChI=1S/C12H15NO3/c14-11-5-2-1-4-10(11)12(15)13-6-3-8-16-9-7-13/h1-2,4-5,14H,3,6-9H2. The highest BCUT2D eigenvalue weighted by Gasteiger charge is 2.19. The Kier molecular flexibility index (Phi) is 3.41. The van der Waals surface area contributed by atoms with Crippen molar-refractivity contribution in [3.63, 3.8) is 0 Å². The molecule has 0 radical (unpaired) electrons. The van der Waals surface area contributed by atoms with Crippen molar-refractivity contribution < 1.29 is 14.6 Å². The zero-order chi connectivity index (χ0) is 11.4.